The summed E-state index contributed by atoms with van der Waals surface area (Å²) in [4.78, 5) is 2.38. The highest BCUT2D eigenvalue weighted by molar-refractivity contribution is 4.79. The van der Waals surface area contributed by atoms with Gasteiger partial charge in [-0.3, -0.25) is 4.90 Å². The lowest BCUT2D eigenvalue weighted by atomic mass is 10.2. The Kier molecular flexibility index (Phi) is 2.69. The third-order valence-corrected chi connectivity index (χ3v) is 2.43. The van der Waals surface area contributed by atoms with Gasteiger partial charge in [0.05, 0.1) is 6.61 Å². The molecular formula is C8H17NO. The van der Waals surface area contributed by atoms with Crippen molar-refractivity contribution in [2.45, 2.75) is 38.8 Å². The Bertz CT molecular complexity index is 105. The van der Waals surface area contributed by atoms with Gasteiger partial charge in [0.2, 0.25) is 0 Å². The van der Waals surface area contributed by atoms with Crippen molar-refractivity contribution in [3.8, 4) is 0 Å². The standard InChI is InChI=1S/C8H17NO/c1-7-4-3-5-9(7)8(2)6-10/h7-8,10H,3-6H2,1-2H3/t7-,8-/m0/s1. The van der Waals surface area contributed by atoms with Gasteiger partial charge in [-0.2, -0.15) is 0 Å². The van der Waals surface area contributed by atoms with Crippen molar-refractivity contribution in [1.82, 2.24) is 4.90 Å². The molecule has 1 heterocycles. The third-order valence-electron chi connectivity index (χ3n) is 2.43. The second kappa shape index (κ2) is 3.35. The maximum absolute atomic E-state index is 8.87. The summed E-state index contributed by atoms with van der Waals surface area (Å²) in [5.41, 5.74) is 0. The van der Waals surface area contributed by atoms with Gasteiger partial charge in [0, 0.05) is 12.1 Å². The second-order valence-corrected chi connectivity index (χ2v) is 3.26. The average Bonchev–Trinajstić information content (AvgIpc) is 2.34. The van der Waals surface area contributed by atoms with E-state index in [0.29, 0.717) is 18.7 Å². The van der Waals surface area contributed by atoms with Gasteiger partial charge in [0.15, 0.2) is 0 Å². The Morgan fingerprint density at radius 3 is 2.80 bits per heavy atom. The van der Waals surface area contributed by atoms with E-state index in [9.17, 15) is 0 Å². The van der Waals surface area contributed by atoms with E-state index in [1.54, 1.807) is 0 Å². The molecule has 0 aromatic carbocycles. The number of aliphatic hydroxyl groups is 1. The zero-order chi connectivity index (χ0) is 7.56. The molecule has 1 aliphatic rings. The second-order valence-electron chi connectivity index (χ2n) is 3.26. The van der Waals surface area contributed by atoms with Gasteiger partial charge in [0.1, 0.15) is 0 Å². The first-order chi connectivity index (χ1) is 4.75. The van der Waals surface area contributed by atoms with Crippen molar-refractivity contribution in [2.75, 3.05) is 13.2 Å². The van der Waals surface area contributed by atoms with Crippen LogP contribution in [0.1, 0.15) is 26.7 Å². The molecule has 0 amide bonds. The summed E-state index contributed by atoms with van der Waals surface area (Å²) >= 11 is 0. The molecule has 0 radical (unpaired) electrons. The molecule has 2 nitrogen and oxygen atoms in total. The Hall–Kier alpha value is -0.0800. The van der Waals surface area contributed by atoms with E-state index in [2.05, 4.69) is 18.7 Å². The molecule has 0 aliphatic carbocycles. The molecule has 2 atom stereocenters. The lowest BCUT2D eigenvalue weighted by Gasteiger charge is -2.26. The monoisotopic (exact) mass is 143 g/mol. The molecule has 1 aliphatic heterocycles. The van der Waals surface area contributed by atoms with Crippen molar-refractivity contribution >= 4 is 0 Å². The number of hydrogen-bond donors (Lipinski definition) is 1. The van der Waals surface area contributed by atoms with E-state index >= 15 is 0 Å². The van der Waals surface area contributed by atoms with Crippen molar-refractivity contribution in [3.05, 3.63) is 0 Å². The SMILES string of the molecule is C[C@@H](CO)N1CCC[C@@H]1C. The summed E-state index contributed by atoms with van der Waals surface area (Å²) in [7, 11) is 0. The molecule has 0 unspecified atom stereocenters. The van der Waals surface area contributed by atoms with Gasteiger partial charge in [-0.1, -0.05) is 0 Å². The molecule has 0 bridgehead atoms. The van der Waals surface area contributed by atoms with E-state index in [-0.39, 0.29) is 0 Å². The number of rotatable bonds is 2. The maximum atomic E-state index is 8.87. The van der Waals surface area contributed by atoms with Crippen LogP contribution in [-0.2, 0) is 0 Å². The summed E-state index contributed by atoms with van der Waals surface area (Å²) in [5.74, 6) is 0. The molecule has 0 aromatic rings. The Labute approximate surface area is 62.8 Å². The van der Waals surface area contributed by atoms with E-state index in [1.165, 1.54) is 19.4 Å². The van der Waals surface area contributed by atoms with Gasteiger partial charge in [-0.05, 0) is 33.2 Å². The van der Waals surface area contributed by atoms with Crippen molar-refractivity contribution < 1.29 is 5.11 Å². The van der Waals surface area contributed by atoms with Crippen molar-refractivity contribution in [1.29, 1.82) is 0 Å². The lowest BCUT2D eigenvalue weighted by Crippen LogP contribution is -2.37. The predicted octanol–water partition coefficient (Wildman–Crippen LogP) is 0.852. The fourth-order valence-corrected chi connectivity index (χ4v) is 1.72. The van der Waals surface area contributed by atoms with Gasteiger partial charge in [-0.15, -0.1) is 0 Å². The van der Waals surface area contributed by atoms with Gasteiger partial charge in [-0.25, -0.2) is 0 Å². The zero-order valence-electron chi connectivity index (χ0n) is 6.88. The molecule has 0 spiro atoms. The summed E-state index contributed by atoms with van der Waals surface area (Å²) in [5, 5.41) is 8.87. The Morgan fingerprint density at radius 1 is 1.70 bits per heavy atom. The summed E-state index contributed by atoms with van der Waals surface area (Å²) in [6.07, 6.45) is 2.59. The van der Waals surface area contributed by atoms with Crippen LogP contribution in [0.15, 0.2) is 0 Å². The normalized spacial score (nSPS) is 30.9. The van der Waals surface area contributed by atoms with Crippen LogP contribution in [0.3, 0.4) is 0 Å². The molecular weight excluding hydrogens is 126 g/mol. The Morgan fingerprint density at radius 2 is 2.40 bits per heavy atom. The highest BCUT2D eigenvalue weighted by atomic mass is 16.3. The van der Waals surface area contributed by atoms with Crippen LogP contribution in [0.2, 0.25) is 0 Å². The van der Waals surface area contributed by atoms with Crippen LogP contribution in [0.25, 0.3) is 0 Å². The van der Waals surface area contributed by atoms with Gasteiger partial charge >= 0.3 is 0 Å². The van der Waals surface area contributed by atoms with E-state index in [4.69, 9.17) is 5.11 Å². The van der Waals surface area contributed by atoms with Crippen molar-refractivity contribution in [3.63, 3.8) is 0 Å². The Balaban J connectivity index is 2.38. The van der Waals surface area contributed by atoms with Crippen molar-refractivity contribution in [2.24, 2.45) is 0 Å². The first-order valence-electron chi connectivity index (χ1n) is 4.12. The van der Waals surface area contributed by atoms with E-state index < -0.39 is 0 Å². The molecule has 1 fully saturated rings. The number of likely N-dealkylation sites (tertiary alicyclic amines) is 1. The topological polar surface area (TPSA) is 23.5 Å². The van der Waals surface area contributed by atoms with E-state index in [0.717, 1.165) is 0 Å². The minimum absolute atomic E-state index is 0.296. The molecule has 60 valence electrons. The molecule has 1 saturated heterocycles. The molecule has 2 heteroatoms. The summed E-state index contributed by atoms with van der Waals surface area (Å²) in [6.45, 7) is 5.79. The van der Waals surface area contributed by atoms with E-state index in [1.807, 2.05) is 0 Å². The number of aliphatic hydroxyl groups excluding tert-OH is 1. The quantitative estimate of drug-likeness (QED) is 0.619. The fourth-order valence-electron chi connectivity index (χ4n) is 1.72. The minimum Gasteiger partial charge on any atom is -0.395 e. The summed E-state index contributed by atoms with van der Waals surface area (Å²) in [6, 6.07) is 1.04. The van der Waals surface area contributed by atoms with Crippen LogP contribution in [0.4, 0.5) is 0 Å². The third kappa shape index (κ3) is 1.50. The number of nitrogens with zero attached hydrogens (tertiary/aromatic N) is 1. The molecule has 0 saturated carbocycles. The first-order valence-corrected chi connectivity index (χ1v) is 4.12. The van der Waals surface area contributed by atoms with Gasteiger partial charge in [0.25, 0.3) is 0 Å². The minimum atomic E-state index is 0.296. The average molecular weight is 143 g/mol. The largest absolute Gasteiger partial charge is 0.395 e. The predicted molar refractivity (Wildman–Crippen MR) is 41.9 cm³/mol. The summed E-state index contributed by atoms with van der Waals surface area (Å²) < 4.78 is 0. The van der Waals surface area contributed by atoms with Crippen LogP contribution < -0.4 is 0 Å². The van der Waals surface area contributed by atoms with Crippen LogP contribution in [0.5, 0.6) is 0 Å². The van der Waals surface area contributed by atoms with Crippen LogP contribution >= 0.6 is 0 Å². The number of hydrogen-bond acceptors (Lipinski definition) is 2. The highest BCUT2D eigenvalue weighted by Crippen LogP contribution is 2.18. The highest BCUT2D eigenvalue weighted by Gasteiger charge is 2.23. The maximum Gasteiger partial charge on any atom is 0.0584 e. The zero-order valence-corrected chi connectivity index (χ0v) is 6.88. The molecule has 0 aromatic heterocycles. The lowest BCUT2D eigenvalue weighted by molar-refractivity contribution is 0.130. The molecule has 1 rings (SSSR count). The smallest absolute Gasteiger partial charge is 0.0584 e. The van der Waals surface area contributed by atoms with Crippen LogP contribution in [0, 0.1) is 0 Å². The first kappa shape index (κ1) is 8.02. The molecule has 1 N–H and O–H groups in total. The van der Waals surface area contributed by atoms with Gasteiger partial charge < -0.3 is 5.11 Å². The molecule has 10 heavy (non-hydrogen) atoms. The fraction of sp³-hybridized carbons (Fsp3) is 1.00. The van der Waals surface area contributed by atoms with Crippen LogP contribution in [-0.4, -0.2) is 35.2 Å².